The molecule has 2 aromatic carbocycles. The molecule has 3 aromatic rings. The third-order valence-corrected chi connectivity index (χ3v) is 4.25. The van der Waals surface area contributed by atoms with E-state index in [1.54, 1.807) is 25.2 Å². The molecule has 0 bridgehead atoms. The molecule has 3 rings (SSSR count). The summed E-state index contributed by atoms with van der Waals surface area (Å²) in [6.45, 7) is 4.56. The van der Waals surface area contributed by atoms with Crippen LogP contribution in [0.3, 0.4) is 0 Å². The number of para-hydroxylation sites is 1. The number of pyridine rings is 1. The second kappa shape index (κ2) is 7.44. The number of aryl methyl sites for hydroxylation is 1. The van der Waals surface area contributed by atoms with Crippen LogP contribution < -0.4 is 10.3 Å². The van der Waals surface area contributed by atoms with Crippen molar-refractivity contribution < 1.29 is 9.53 Å². The number of amides is 1. The Bertz CT molecular complexity index is 1010. The summed E-state index contributed by atoms with van der Waals surface area (Å²) in [7, 11) is 1.68. The molecule has 1 aromatic heterocycles. The Morgan fingerprint density at radius 1 is 1.15 bits per heavy atom. The number of fused-ring (bicyclic) bond motifs is 1. The largest absolute Gasteiger partial charge is 0.493 e. The van der Waals surface area contributed by atoms with Crippen molar-refractivity contribution in [2.45, 2.75) is 20.4 Å². The lowest BCUT2D eigenvalue weighted by Crippen LogP contribution is -2.29. The van der Waals surface area contributed by atoms with Crippen LogP contribution in [0.15, 0.2) is 53.3 Å². The van der Waals surface area contributed by atoms with Crippen LogP contribution in [0.5, 0.6) is 5.75 Å². The highest BCUT2D eigenvalue weighted by Gasteiger charge is 2.17. The summed E-state index contributed by atoms with van der Waals surface area (Å²) in [6.07, 6.45) is 0. The minimum atomic E-state index is -0.183. The summed E-state index contributed by atoms with van der Waals surface area (Å²) < 4.78 is 5.54. The van der Waals surface area contributed by atoms with Crippen LogP contribution in [0.25, 0.3) is 10.9 Å². The zero-order valence-electron chi connectivity index (χ0n) is 15.2. The molecule has 1 N–H and O–H groups in total. The Balaban J connectivity index is 1.88. The van der Waals surface area contributed by atoms with Gasteiger partial charge in [-0.15, -0.1) is 0 Å². The van der Waals surface area contributed by atoms with Gasteiger partial charge in [0.25, 0.3) is 11.5 Å². The second-order valence-corrected chi connectivity index (χ2v) is 6.30. The van der Waals surface area contributed by atoms with E-state index in [0.717, 1.165) is 16.5 Å². The maximum atomic E-state index is 12.8. The maximum Gasteiger partial charge on any atom is 0.257 e. The van der Waals surface area contributed by atoms with Crippen molar-refractivity contribution in [1.29, 1.82) is 0 Å². The van der Waals surface area contributed by atoms with Gasteiger partial charge in [-0.1, -0.05) is 24.3 Å². The van der Waals surface area contributed by atoms with Gasteiger partial charge in [-0.2, -0.15) is 0 Å². The Labute approximate surface area is 152 Å². The molecule has 0 saturated carbocycles. The predicted octanol–water partition coefficient (Wildman–Crippen LogP) is 3.51. The zero-order chi connectivity index (χ0) is 18.7. The van der Waals surface area contributed by atoms with Crippen molar-refractivity contribution in [2.24, 2.45) is 0 Å². The number of ether oxygens (including phenoxy) is 1. The number of carbonyl (C=O) groups excluding carboxylic acids is 1. The normalized spacial score (nSPS) is 10.7. The molecule has 0 unspecified atom stereocenters. The first-order chi connectivity index (χ1) is 12.5. The third kappa shape index (κ3) is 3.61. The fourth-order valence-electron chi connectivity index (χ4n) is 2.94. The van der Waals surface area contributed by atoms with E-state index in [9.17, 15) is 9.59 Å². The Morgan fingerprint density at radius 2 is 1.92 bits per heavy atom. The van der Waals surface area contributed by atoms with Crippen LogP contribution in [0.4, 0.5) is 0 Å². The lowest BCUT2D eigenvalue weighted by atomic mass is 10.1. The van der Waals surface area contributed by atoms with E-state index < -0.39 is 0 Å². The molecule has 26 heavy (non-hydrogen) atoms. The highest BCUT2D eigenvalue weighted by molar-refractivity contribution is 5.96. The standard InChI is InChI=1S/C21H22N2O3/c1-4-26-19-8-6-5-7-17(19)21(25)23(3)13-16-12-15-10-9-14(2)11-18(15)22-20(16)24/h5-12H,4,13H2,1-3H3,(H,22,24). The third-order valence-electron chi connectivity index (χ3n) is 4.25. The number of hydrogen-bond donors (Lipinski definition) is 1. The van der Waals surface area contributed by atoms with Crippen LogP contribution in [0.1, 0.15) is 28.4 Å². The topological polar surface area (TPSA) is 62.4 Å². The quantitative estimate of drug-likeness (QED) is 0.766. The lowest BCUT2D eigenvalue weighted by Gasteiger charge is -2.19. The van der Waals surface area contributed by atoms with Gasteiger partial charge in [0.2, 0.25) is 0 Å². The van der Waals surface area contributed by atoms with Gasteiger partial charge in [0.15, 0.2) is 0 Å². The van der Waals surface area contributed by atoms with Crippen LogP contribution in [-0.2, 0) is 6.54 Å². The van der Waals surface area contributed by atoms with Gasteiger partial charge in [-0.3, -0.25) is 9.59 Å². The molecule has 0 radical (unpaired) electrons. The van der Waals surface area contributed by atoms with Crippen molar-refractivity contribution in [1.82, 2.24) is 9.88 Å². The SMILES string of the molecule is CCOc1ccccc1C(=O)N(C)Cc1cc2ccc(C)cc2[nH]c1=O. The number of aromatic nitrogens is 1. The van der Waals surface area contributed by atoms with E-state index in [1.165, 1.54) is 4.90 Å². The van der Waals surface area contributed by atoms with Crippen molar-refractivity contribution in [3.63, 3.8) is 0 Å². The molecule has 0 fully saturated rings. The molecule has 5 nitrogen and oxygen atoms in total. The van der Waals surface area contributed by atoms with Crippen molar-refractivity contribution >= 4 is 16.8 Å². The summed E-state index contributed by atoms with van der Waals surface area (Å²) in [6, 6.07) is 14.9. The maximum absolute atomic E-state index is 12.8. The van der Waals surface area contributed by atoms with Gasteiger partial charge in [-0.25, -0.2) is 0 Å². The minimum Gasteiger partial charge on any atom is -0.493 e. The van der Waals surface area contributed by atoms with E-state index in [0.29, 0.717) is 23.5 Å². The smallest absolute Gasteiger partial charge is 0.257 e. The van der Waals surface area contributed by atoms with Crippen molar-refractivity contribution in [3.8, 4) is 5.75 Å². The average molecular weight is 350 g/mol. The Hall–Kier alpha value is -3.08. The van der Waals surface area contributed by atoms with Crippen LogP contribution in [-0.4, -0.2) is 29.4 Å². The highest BCUT2D eigenvalue weighted by Crippen LogP contribution is 2.20. The first kappa shape index (κ1) is 17.7. The molecule has 0 aliphatic rings. The molecule has 0 aliphatic carbocycles. The first-order valence-electron chi connectivity index (χ1n) is 8.59. The van der Waals surface area contributed by atoms with Gasteiger partial charge in [0.05, 0.1) is 18.7 Å². The minimum absolute atomic E-state index is 0.180. The molecular weight excluding hydrogens is 328 g/mol. The molecular formula is C21H22N2O3. The fourth-order valence-corrected chi connectivity index (χ4v) is 2.94. The van der Waals surface area contributed by atoms with Gasteiger partial charge >= 0.3 is 0 Å². The van der Waals surface area contributed by atoms with Gasteiger partial charge in [0.1, 0.15) is 5.75 Å². The molecule has 0 saturated heterocycles. The average Bonchev–Trinajstić information content (AvgIpc) is 2.62. The van der Waals surface area contributed by atoms with Crippen molar-refractivity contribution in [2.75, 3.05) is 13.7 Å². The summed E-state index contributed by atoms with van der Waals surface area (Å²) in [5.74, 6) is 0.368. The van der Waals surface area contributed by atoms with E-state index in [2.05, 4.69) is 4.98 Å². The van der Waals surface area contributed by atoms with Gasteiger partial charge < -0.3 is 14.6 Å². The van der Waals surface area contributed by atoms with E-state index in [-0.39, 0.29) is 18.0 Å². The summed E-state index contributed by atoms with van der Waals surface area (Å²) in [4.78, 5) is 29.6. The molecule has 1 heterocycles. The number of benzene rings is 2. The van der Waals surface area contributed by atoms with E-state index in [1.807, 2.05) is 44.2 Å². The van der Waals surface area contributed by atoms with Crippen LogP contribution in [0, 0.1) is 6.92 Å². The number of nitrogens with one attached hydrogen (secondary N) is 1. The Kier molecular flexibility index (Phi) is 5.07. The highest BCUT2D eigenvalue weighted by atomic mass is 16.5. The number of rotatable bonds is 5. The number of H-pyrrole nitrogens is 1. The van der Waals surface area contributed by atoms with Gasteiger partial charge in [-0.05, 0) is 49.1 Å². The molecule has 0 spiro atoms. The molecule has 0 atom stereocenters. The van der Waals surface area contributed by atoms with E-state index in [4.69, 9.17) is 4.74 Å². The van der Waals surface area contributed by atoms with Crippen LogP contribution in [0.2, 0.25) is 0 Å². The number of hydrogen-bond acceptors (Lipinski definition) is 3. The van der Waals surface area contributed by atoms with Gasteiger partial charge in [0, 0.05) is 18.1 Å². The molecule has 0 aliphatic heterocycles. The number of carbonyl (C=O) groups is 1. The zero-order valence-corrected chi connectivity index (χ0v) is 15.2. The predicted molar refractivity (Wildman–Crippen MR) is 103 cm³/mol. The monoisotopic (exact) mass is 350 g/mol. The lowest BCUT2D eigenvalue weighted by molar-refractivity contribution is 0.0780. The van der Waals surface area contributed by atoms with E-state index >= 15 is 0 Å². The van der Waals surface area contributed by atoms with Crippen LogP contribution >= 0.6 is 0 Å². The van der Waals surface area contributed by atoms with Crippen molar-refractivity contribution in [3.05, 3.63) is 75.6 Å². The number of nitrogens with zero attached hydrogens (tertiary/aromatic N) is 1. The summed E-state index contributed by atoms with van der Waals surface area (Å²) >= 11 is 0. The first-order valence-corrected chi connectivity index (χ1v) is 8.59. The second-order valence-electron chi connectivity index (χ2n) is 6.30. The summed E-state index contributed by atoms with van der Waals surface area (Å²) in [5.41, 5.74) is 2.74. The number of aromatic amines is 1. The molecule has 1 amide bonds. The molecule has 5 heteroatoms. The summed E-state index contributed by atoms with van der Waals surface area (Å²) in [5, 5.41) is 0.945. The Morgan fingerprint density at radius 3 is 2.69 bits per heavy atom. The molecule has 134 valence electrons. The fraction of sp³-hybridized carbons (Fsp3) is 0.238.